The van der Waals surface area contributed by atoms with Gasteiger partial charge in [0, 0.05) is 12.2 Å². The largest absolute Gasteiger partial charge is 0.399 e. The van der Waals surface area contributed by atoms with Crippen LogP contribution < -0.4 is 5.73 Å². The smallest absolute Gasteiger partial charge is 0.0952 e. The molecule has 16 heavy (non-hydrogen) atoms. The number of hydrogen-bond acceptors (Lipinski definition) is 3. The molecular formula is C13H19N3. The van der Waals surface area contributed by atoms with Crippen LogP contribution >= 0.6 is 0 Å². The molecule has 0 radical (unpaired) electrons. The first kappa shape index (κ1) is 12.5. The highest BCUT2D eigenvalue weighted by atomic mass is 15.1. The molecule has 1 atom stereocenters. The number of rotatable bonds is 5. The van der Waals surface area contributed by atoms with Gasteiger partial charge in [-0.05, 0) is 37.6 Å². The van der Waals surface area contributed by atoms with E-state index in [-0.39, 0.29) is 6.04 Å². The zero-order valence-corrected chi connectivity index (χ0v) is 9.98. The lowest BCUT2D eigenvalue weighted by molar-refractivity contribution is 0.237. The highest BCUT2D eigenvalue weighted by molar-refractivity contribution is 5.39. The van der Waals surface area contributed by atoms with Crippen LogP contribution in [0.5, 0.6) is 0 Å². The summed E-state index contributed by atoms with van der Waals surface area (Å²) in [6.07, 6.45) is 1.06. The molecule has 0 amide bonds. The molecule has 0 aromatic heterocycles. The second kappa shape index (κ2) is 6.14. The predicted octanol–water partition coefficient (Wildman–Crippen LogP) is 2.39. The first-order valence-corrected chi connectivity index (χ1v) is 5.65. The molecular weight excluding hydrogens is 198 g/mol. The van der Waals surface area contributed by atoms with E-state index in [2.05, 4.69) is 17.9 Å². The molecule has 1 unspecified atom stereocenters. The van der Waals surface area contributed by atoms with Crippen LogP contribution in [0.3, 0.4) is 0 Å². The van der Waals surface area contributed by atoms with Gasteiger partial charge < -0.3 is 5.73 Å². The van der Waals surface area contributed by atoms with Crippen LogP contribution in [0.4, 0.5) is 5.69 Å². The molecule has 86 valence electrons. The van der Waals surface area contributed by atoms with Crippen LogP contribution in [0.1, 0.15) is 25.8 Å². The summed E-state index contributed by atoms with van der Waals surface area (Å²) in [4.78, 5) is 2.17. The number of hydrogen-bond donors (Lipinski definition) is 1. The Morgan fingerprint density at radius 2 is 2.00 bits per heavy atom. The number of nitrogens with two attached hydrogens (primary N) is 1. The van der Waals surface area contributed by atoms with Gasteiger partial charge in [0.1, 0.15) is 0 Å². The van der Waals surface area contributed by atoms with E-state index in [9.17, 15) is 0 Å². The van der Waals surface area contributed by atoms with Crippen molar-refractivity contribution in [3.05, 3.63) is 29.8 Å². The molecule has 0 aliphatic carbocycles. The Labute approximate surface area is 97.5 Å². The van der Waals surface area contributed by atoms with E-state index in [4.69, 9.17) is 11.0 Å². The summed E-state index contributed by atoms with van der Waals surface area (Å²) < 4.78 is 0. The van der Waals surface area contributed by atoms with Gasteiger partial charge in [-0.15, -0.1) is 0 Å². The first-order valence-electron chi connectivity index (χ1n) is 5.65. The van der Waals surface area contributed by atoms with Gasteiger partial charge in [-0.25, -0.2) is 0 Å². The molecule has 3 nitrogen and oxygen atoms in total. The van der Waals surface area contributed by atoms with Crippen molar-refractivity contribution in [2.75, 3.05) is 12.3 Å². The van der Waals surface area contributed by atoms with Crippen molar-refractivity contribution in [2.45, 2.75) is 32.9 Å². The maximum absolute atomic E-state index is 8.94. The van der Waals surface area contributed by atoms with Crippen molar-refractivity contribution < 1.29 is 0 Å². The van der Waals surface area contributed by atoms with Gasteiger partial charge in [0.15, 0.2) is 0 Å². The van der Waals surface area contributed by atoms with Gasteiger partial charge in [0.2, 0.25) is 0 Å². The molecule has 0 aliphatic heterocycles. The van der Waals surface area contributed by atoms with Crippen molar-refractivity contribution in [1.29, 1.82) is 5.26 Å². The molecule has 0 bridgehead atoms. The molecule has 1 rings (SSSR count). The number of anilines is 1. The number of nitrogens with zero attached hydrogens (tertiary/aromatic N) is 2. The molecule has 2 N–H and O–H groups in total. The van der Waals surface area contributed by atoms with Gasteiger partial charge in [-0.1, -0.05) is 19.1 Å². The summed E-state index contributed by atoms with van der Waals surface area (Å²) in [5.74, 6) is 0. The second-order valence-corrected chi connectivity index (χ2v) is 4.02. The fourth-order valence-electron chi connectivity index (χ4n) is 1.64. The normalized spacial score (nSPS) is 12.4. The maximum Gasteiger partial charge on any atom is 0.0952 e. The topological polar surface area (TPSA) is 53.0 Å². The molecule has 0 saturated carbocycles. The lowest BCUT2D eigenvalue weighted by atomic mass is 10.1. The molecule has 1 aromatic rings. The Morgan fingerprint density at radius 1 is 1.38 bits per heavy atom. The standard InChI is InChI=1S/C13H19N3/c1-3-8-16(11(2)9-14)10-12-4-6-13(15)7-5-12/h4-7,11H,3,8,10,15H2,1-2H3. The maximum atomic E-state index is 8.94. The second-order valence-electron chi connectivity index (χ2n) is 4.02. The van der Waals surface area contributed by atoms with Gasteiger partial charge >= 0.3 is 0 Å². The Hall–Kier alpha value is -1.53. The Bertz CT molecular complexity index is 350. The quantitative estimate of drug-likeness (QED) is 0.770. The fraction of sp³-hybridized carbons (Fsp3) is 0.462. The lowest BCUT2D eigenvalue weighted by Crippen LogP contribution is -2.32. The lowest BCUT2D eigenvalue weighted by Gasteiger charge is -2.24. The minimum Gasteiger partial charge on any atom is -0.399 e. The summed E-state index contributed by atoms with van der Waals surface area (Å²) >= 11 is 0. The zero-order valence-electron chi connectivity index (χ0n) is 9.98. The first-order chi connectivity index (χ1) is 7.67. The van der Waals surface area contributed by atoms with Crippen LogP contribution in [0, 0.1) is 11.3 Å². The summed E-state index contributed by atoms with van der Waals surface area (Å²) in [6, 6.07) is 10.1. The van der Waals surface area contributed by atoms with Gasteiger partial charge in [0.05, 0.1) is 12.1 Å². The molecule has 0 saturated heterocycles. The van der Waals surface area contributed by atoms with Gasteiger partial charge in [-0.3, -0.25) is 4.90 Å². The number of benzene rings is 1. The van der Waals surface area contributed by atoms with E-state index >= 15 is 0 Å². The SMILES string of the molecule is CCCN(Cc1ccc(N)cc1)C(C)C#N. The van der Waals surface area contributed by atoms with Crippen molar-refractivity contribution in [1.82, 2.24) is 4.90 Å². The fourth-order valence-corrected chi connectivity index (χ4v) is 1.64. The monoisotopic (exact) mass is 217 g/mol. The molecule has 3 heteroatoms. The summed E-state index contributed by atoms with van der Waals surface area (Å²) in [6.45, 7) is 5.81. The molecule has 0 spiro atoms. The third-order valence-electron chi connectivity index (χ3n) is 2.61. The number of nitriles is 1. The summed E-state index contributed by atoms with van der Waals surface area (Å²) in [7, 11) is 0. The van der Waals surface area contributed by atoms with E-state index in [0.29, 0.717) is 0 Å². The van der Waals surface area contributed by atoms with Crippen LogP contribution in [-0.4, -0.2) is 17.5 Å². The molecule has 1 aromatic carbocycles. The van der Waals surface area contributed by atoms with Crippen LogP contribution in [0.15, 0.2) is 24.3 Å². The zero-order chi connectivity index (χ0) is 12.0. The Morgan fingerprint density at radius 3 is 2.50 bits per heavy atom. The Balaban J connectivity index is 2.68. The summed E-state index contributed by atoms with van der Waals surface area (Å²) in [5, 5.41) is 8.94. The highest BCUT2D eigenvalue weighted by Gasteiger charge is 2.12. The molecule has 0 heterocycles. The van der Waals surface area contributed by atoms with Crippen molar-refractivity contribution in [3.63, 3.8) is 0 Å². The van der Waals surface area contributed by atoms with Crippen LogP contribution in [0.2, 0.25) is 0 Å². The van der Waals surface area contributed by atoms with E-state index in [1.807, 2.05) is 31.2 Å². The van der Waals surface area contributed by atoms with Gasteiger partial charge in [-0.2, -0.15) is 5.26 Å². The minimum atomic E-state index is -0.0440. The average molecular weight is 217 g/mol. The van der Waals surface area contributed by atoms with E-state index in [1.165, 1.54) is 5.56 Å². The van der Waals surface area contributed by atoms with Crippen LogP contribution in [0.25, 0.3) is 0 Å². The van der Waals surface area contributed by atoms with Gasteiger partial charge in [0.25, 0.3) is 0 Å². The third-order valence-corrected chi connectivity index (χ3v) is 2.61. The predicted molar refractivity (Wildman–Crippen MR) is 66.6 cm³/mol. The van der Waals surface area contributed by atoms with E-state index < -0.39 is 0 Å². The van der Waals surface area contributed by atoms with Crippen molar-refractivity contribution in [3.8, 4) is 6.07 Å². The average Bonchev–Trinajstić information content (AvgIpc) is 2.30. The summed E-state index contributed by atoms with van der Waals surface area (Å²) in [5.41, 5.74) is 7.61. The molecule has 0 fully saturated rings. The van der Waals surface area contributed by atoms with E-state index in [0.717, 1.165) is 25.2 Å². The Kier molecular flexibility index (Phi) is 4.81. The third kappa shape index (κ3) is 3.56. The van der Waals surface area contributed by atoms with Crippen molar-refractivity contribution in [2.24, 2.45) is 0 Å². The van der Waals surface area contributed by atoms with Crippen LogP contribution in [-0.2, 0) is 6.54 Å². The molecule has 0 aliphatic rings. The minimum absolute atomic E-state index is 0.0440. The number of nitrogen functional groups attached to an aromatic ring is 1. The van der Waals surface area contributed by atoms with Crippen molar-refractivity contribution >= 4 is 5.69 Å². The van der Waals surface area contributed by atoms with E-state index in [1.54, 1.807) is 0 Å². The highest BCUT2D eigenvalue weighted by Crippen LogP contribution is 2.11.